The third kappa shape index (κ3) is 5.63. The van der Waals surface area contributed by atoms with E-state index in [0.717, 1.165) is 36.4 Å². The molecule has 0 aromatic heterocycles. The summed E-state index contributed by atoms with van der Waals surface area (Å²) in [5.74, 6) is 1.58. The average molecular weight is 252 g/mol. The minimum Gasteiger partial charge on any atom is -0.399 e. The van der Waals surface area contributed by atoms with Crippen LogP contribution in [0, 0.1) is 0 Å². The first-order valence-electron chi connectivity index (χ1n) is 5.92. The summed E-state index contributed by atoms with van der Waals surface area (Å²) in [6.45, 7) is 2.82. The molecule has 0 bridgehead atoms. The highest BCUT2D eigenvalue weighted by molar-refractivity contribution is 7.99. The molecule has 1 rings (SSSR count). The fourth-order valence-corrected chi connectivity index (χ4v) is 2.22. The zero-order valence-electron chi connectivity index (χ0n) is 10.2. The van der Waals surface area contributed by atoms with Gasteiger partial charge in [-0.2, -0.15) is 11.8 Å². The molecule has 1 aromatic rings. The molecule has 0 heterocycles. The maximum atomic E-state index is 11.3. The van der Waals surface area contributed by atoms with E-state index in [2.05, 4.69) is 5.32 Å². The Morgan fingerprint density at radius 1 is 1.41 bits per heavy atom. The highest BCUT2D eigenvalue weighted by Gasteiger charge is 2.01. The van der Waals surface area contributed by atoms with Crippen LogP contribution in [0.15, 0.2) is 24.3 Å². The Labute approximate surface area is 107 Å². The lowest BCUT2D eigenvalue weighted by molar-refractivity contribution is -0.118. The number of hydrogen-bond acceptors (Lipinski definition) is 3. The number of nitrogens with one attached hydrogen (secondary N) is 1. The number of nitrogen functional groups attached to an aromatic ring is 1. The van der Waals surface area contributed by atoms with Crippen molar-refractivity contribution < 1.29 is 4.79 Å². The van der Waals surface area contributed by atoms with E-state index in [4.69, 9.17) is 5.73 Å². The van der Waals surface area contributed by atoms with E-state index < -0.39 is 0 Å². The molecule has 0 radical (unpaired) electrons. The summed E-state index contributed by atoms with van der Waals surface area (Å²) in [5.41, 5.74) is 7.84. The van der Waals surface area contributed by atoms with Gasteiger partial charge in [0.25, 0.3) is 0 Å². The van der Waals surface area contributed by atoms with Gasteiger partial charge in [-0.05, 0) is 30.2 Å². The number of carbonyl (C=O) groups is 1. The van der Waals surface area contributed by atoms with Gasteiger partial charge < -0.3 is 11.1 Å². The minimum atomic E-state index is 0.123. The number of thioether (sulfide) groups is 1. The smallest absolute Gasteiger partial charge is 0.229 e. The number of aryl methyl sites for hydroxylation is 1. The number of rotatable bonds is 7. The number of nitrogens with two attached hydrogens (primary N) is 1. The van der Waals surface area contributed by atoms with Gasteiger partial charge in [0, 0.05) is 12.2 Å². The maximum Gasteiger partial charge on any atom is 0.229 e. The molecule has 4 heteroatoms. The van der Waals surface area contributed by atoms with E-state index in [1.165, 1.54) is 0 Å². The molecule has 1 aromatic carbocycles. The van der Waals surface area contributed by atoms with Crippen LogP contribution in [0.2, 0.25) is 0 Å². The summed E-state index contributed by atoms with van der Waals surface area (Å²) in [7, 11) is 0. The molecule has 0 spiro atoms. The fraction of sp³-hybridized carbons (Fsp3) is 0.462. The Bertz CT molecular complexity index is 355. The molecule has 0 fully saturated rings. The molecule has 1 amide bonds. The zero-order chi connectivity index (χ0) is 12.5. The first kappa shape index (κ1) is 13.9. The Morgan fingerprint density at radius 3 is 2.88 bits per heavy atom. The van der Waals surface area contributed by atoms with E-state index in [-0.39, 0.29) is 5.91 Å². The van der Waals surface area contributed by atoms with Crippen molar-refractivity contribution in [2.45, 2.75) is 19.8 Å². The van der Waals surface area contributed by atoms with E-state index in [1.54, 1.807) is 11.8 Å². The Morgan fingerprint density at radius 2 is 2.18 bits per heavy atom. The van der Waals surface area contributed by atoms with Gasteiger partial charge >= 0.3 is 0 Å². The second kappa shape index (κ2) is 8.01. The fourth-order valence-electron chi connectivity index (χ4n) is 1.42. The summed E-state index contributed by atoms with van der Waals surface area (Å²) in [5, 5.41) is 2.86. The summed E-state index contributed by atoms with van der Waals surface area (Å²) in [6, 6.07) is 7.87. The number of hydrogen-bond donors (Lipinski definition) is 2. The third-order valence-corrected chi connectivity index (χ3v) is 3.34. The van der Waals surface area contributed by atoms with Gasteiger partial charge in [0.15, 0.2) is 0 Å². The number of amides is 1. The number of para-hydroxylation sites is 1. The lowest BCUT2D eigenvalue weighted by atomic mass is 10.1. The van der Waals surface area contributed by atoms with Crippen molar-refractivity contribution in [1.82, 2.24) is 5.32 Å². The molecule has 17 heavy (non-hydrogen) atoms. The average Bonchev–Trinajstić information content (AvgIpc) is 2.34. The molecular weight excluding hydrogens is 232 g/mol. The molecule has 0 aliphatic heterocycles. The van der Waals surface area contributed by atoms with E-state index in [1.807, 2.05) is 31.2 Å². The quantitative estimate of drug-likeness (QED) is 0.577. The number of anilines is 1. The largest absolute Gasteiger partial charge is 0.399 e. The van der Waals surface area contributed by atoms with Crippen LogP contribution in [0.5, 0.6) is 0 Å². The van der Waals surface area contributed by atoms with Crippen molar-refractivity contribution >= 4 is 23.4 Å². The van der Waals surface area contributed by atoms with Gasteiger partial charge in [-0.25, -0.2) is 0 Å². The highest BCUT2D eigenvalue weighted by Crippen LogP contribution is 2.13. The second-order valence-electron chi connectivity index (χ2n) is 3.85. The van der Waals surface area contributed by atoms with Crippen molar-refractivity contribution in [2.24, 2.45) is 0 Å². The van der Waals surface area contributed by atoms with Gasteiger partial charge in [-0.15, -0.1) is 0 Å². The normalized spacial score (nSPS) is 10.2. The van der Waals surface area contributed by atoms with Crippen LogP contribution < -0.4 is 11.1 Å². The Hall–Kier alpha value is -1.16. The van der Waals surface area contributed by atoms with Gasteiger partial charge in [-0.1, -0.05) is 25.1 Å². The van der Waals surface area contributed by atoms with Crippen LogP contribution in [0.4, 0.5) is 5.69 Å². The number of benzene rings is 1. The highest BCUT2D eigenvalue weighted by atomic mass is 32.2. The van der Waals surface area contributed by atoms with Crippen LogP contribution >= 0.6 is 11.8 Å². The van der Waals surface area contributed by atoms with Crippen LogP contribution in [-0.2, 0) is 11.2 Å². The SMILES string of the molecule is CCCNC(=O)CSCCc1ccccc1N. The van der Waals surface area contributed by atoms with E-state index in [9.17, 15) is 4.79 Å². The van der Waals surface area contributed by atoms with E-state index >= 15 is 0 Å². The molecule has 3 N–H and O–H groups in total. The lowest BCUT2D eigenvalue weighted by Crippen LogP contribution is -2.25. The molecular formula is C13H20N2OS. The molecule has 0 unspecified atom stereocenters. The lowest BCUT2D eigenvalue weighted by Gasteiger charge is -2.05. The molecule has 3 nitrogen and oxygen atoms in total. The van der Waals surface area contributed by atoms with E-state index in [0.29, 0.717) is 5.75 Å². The molecule has 0 saturated carbocycles. The summed E-state index contributed by atoms with van der Waals surface area (Å²) in [4.78, 5) is 11.3. The van der Waals surface area contributed by atoms with Crippen molar-refractivity contribution in [3.8, 4) is 0 Å². The molecule has 0 saturated heterocycles. The molecule has 0 aliphatic rings. The van der Waals surface area contributed by atoms with Crippen LogP contribution in [0.25, 0.3) is 0 Å². The topological polar surface area (TPSA) is 55.1 Å². The van der Waals surface area contributed by atoms with Crippen LogP contribution in [0.1, 0.15) is 18.9 Å². The van der Waals surface area contributed by atoms with Crippen molar-refractivity contribution in [2.75, 3.05) is 23.8 Å². The van der Waals surface area contributed by atoms with Gasteiger partial charge in [0.1, 0.15) is 0 Å². The van der Waals surface area contributed by atoms with Gasteiger partial charge in [0.2, 0.25) is 5.91 Å². The second-order valence-corrected chi connectivity index (χ2v) is 4.96. The van der Waals surface area contributed by atoms with Gasteiger partial charge in [-0.3, -0.25) is 4.79 Å². The third-order valence-electron chi connectivity index (χ3n) is 2.38. The maximum absolute atomic E-state index is 11.3. The Balaban J connectivity index is 2.16. The Kier molecular flexibility index (Phi) is 6.55. The van der Waals surface area contributed by atoms with Crippen molar-refractivity contribution in [3.05, 3.63) is 29.8 Å². The standard InChI is InChI=1S/C13H20N2OS/c1-2-8-15-13(16)10-17-9-7-11-5-3-4-6-12(11)14/h3-6H,2,7-10,14H2,1H3,(H,15,16). The molecule has 94 valence electrons. The molecule has 0 aliphatic carbocycles. The van der Waals surface area contributed by atoms with Crippen LogP contribution in [-0.4, -0.2) is 24.0 Å². The first-order chi connectivity index (χ1) is 8.24. The predicted octanol–water partition coefficient (Wildman–Crippen LogP) is 2.07. The van der Waals surface area contributed by atoms with Gasteiger partial charge in [0.05, 0.1) is 5.75 Å². The summed E-state index contributed by atoms with van der Waals surface area (Å²) >= 11 is 1.65. The van der Waals surface area contributed by atoms with Crippen molar-refractivity contribution in [1.29, 1.82) is 0 Å². The molecule has 0 atom stereocenters. The number of carbonyl (C=O) groups excluding carboxylic acids is 1. The van der Waals surface area contributed by atoms with Crippen LogP contribution in [0.3, 0.4) is 0 Å². The monoisotopic (exact) mass is 252 g/mol. The summed E-state index contributed by atoms with van der Waals surface area (Å²) < 4.78 is 0. The summed E-state index contributed by atoms with van der Waals surface area (Å²) in [6.07, 6.45) is 1.90. The zero-order valence-corrected chi connectivity index (χ0v) is 11.1. The predicted molar refractivity (Wildman–Crippen MR) is 75.2 cm³/mol. The minimum absolute atomic E-state index is 0.123. The van der Waals surface area contributed by atoms with Crippen molar-refractivity contribution in [3.63, 3.8) is 0 Å². The first-order valence-corrected chi connectivity index (χ1v) is 7.07.